The first kappa shape index (κ1) is 26.9. The molecule has 2 N–H and O–H groups in total. The van der Waals surface area contributed by atoms with Gasteiger partial charge >= 0.3 is 0 Å². The van der Waals surface area contributed by atoms with Crippen LogP contribution in [0.15, 0.2) is 97.1 Å². The van der Waals surface area contributed by atoms with Gasteiger partial charge in [-0.15, -0.1) is 0 Å². The second-order valence-electron chi connectivity index (χ2n) is 11.0. The Morgan fingerprint density at radius 3 is 1.12 bits per heavy atom. The largest absolute Gasteiger partial charge is 0.346 e. The van der Waals surface area contributed by atoms with Crippen molar-refractivity contribution in [3.8, 4) is 0 Å². The Balaban J connectivity index is 1.46. The van der Waals surface area contributed by atoms with Gasteiger partial charge in [0.1, 0.15) is 0 Å². The molecular weight excluding hydrogens is 530 g/mol. The SMILES string of the molecule is CP(C)c1ccccc1C(=O)N[C@H]1C2c3ccccc3C(c3ccccc32)[C@@H]1NC(=O)c1ccccc1P(C)C. The minimum atomic E-state index is -0.456. The van der Waals surface area contributed by atoms with Crippen molar-refractivity contribution in [1.82, 2.24) is 10.6 Å². The number of nitrogens with one attached hydrogen (secondary N) is 2. The summed E-state index contributed by atoms with van der Waals surface area (Å²) >= 11 is 0. The van der Waals surface area contributed by atoms with Crippen LogP contribution in [0.4, 0.5) is 0 Å². The summed E-state index contributed by atoms with van der Waals surface area (Å²) in [5, 5.41) is 9.07. The van der Waals surface area contributed by atoms with E-state index in [1.165, 1.54) is 22.3 Å². The molecule has 6 heteroatoms. The van der Waals surface area contributed by atoms with Crippen LogP contribution in [-0.4, -0.2) is 50.6 Å². The number of amides is 2. The van der Waals surface area contributed by atoms with Gasteiger partial charge in [-0.05, 0) is 71.7 Å². The molecule has 0 radical (unpaired) electrons. The topological polar surface area (TPSA) is 58.2 Å². The van der Waals surface area contributed by atoms with E-state index in [1.807, 2.05) is 36.4 Å². The van der Waals surface area contributed by atoms with E-state index in [1.54, 1.807) is 0 Å². The summed E-state index contributed by atoms with van der Waals surface area (Å²) < 4.78 is 0. The smallest absolute Gasteiger partial charge is 0.252 e. The van der Waals surface area contributed by atoms with Gasteiger partial charge < -0.3 is 10.6 Å². The molecule has 0 heterocycles. The van der Waals surface area contributed by atoms with Gasteiger partial charge in [-0.25, -0.2) is 0 Å². The van der Waals surface area contributed by atoms with Gasteiger partial charge in [-0.2, -0.15) is 0 Å². The minimum Gasteiger partial charge on any atom is -0.346 e. The molecule has 4 aromatic rings. The molecular formula is C34H34N2O2P2. The Labute approximate surface area is 239 Å². The molecule has 0 fully saturated rings. The maximum absolute atomic E-state index is 14.0. The fourth-order valence-corrected chi connectivity index (χ4v) is 8.68. The highest BCUT2D eigenvalue weighted by Crippen LogP contribution is 2.53. The normalized spacial score (nSPS) is 20.6. The van der Waals surface area contributed by atoms with Crippen LogP contribution in [0.25, 0.3) is 0 Å². The second kappa shape index (κ2) is 10.9. The lowest BCUT2D eigenvalue weighted by molar-refractivity contribution is 0.0859. The zero-order chi connectivity index (χ0) is 28.0. The highest BCUT2D eigenvalue weighted by molar-refractivity contribution is 7.64. The molecule has 2 atom stereocenters. The number of carbonyl (C=O) groups is 2. The summed E-state index contributed by atoms with van der Waals surface area (Å²) in [4.78, 5) is 27.9. The predicted octanol–water partition coefficient (Wildman–Crippen LogP) is 5.61. The Kier molecular flexibility index (Phi) is 7.34. The van der Waals surface area contributed by atoms with Crippen LogP contribution < -0.4 is 21.2 Å². The van der Waals surface area contributed by atoms with Gasteiger partial charge in [-0.1, -0.05) is 101 Å². The van der Waals surface area contributed by atoms with Crippen molar-refractivity contribution in [2.45, 2.75) is 23.9 Å². The Morgan fingerprint density at radius 1 is 0.500 bits per heavy atom. The third kappa shape index (κ3) is 4.58. The molecule has 0 spiro atoms. The van der Waals surface area contributed by atoms with Crippen molar-refractivity contribution in [2.75, 3.05) is 26.7 Å². The number of rotatable bonds is 6. The number of hydrogen-bond donors (Lipinski definition) is 2. The van der Waals surface area contributed by atoms with Crippen molar-refractivity contribution in [1.29, 1.82) is 0 Å². The third-order valence-electron chi connectivity index (χ3n) is 8.29. The van der Waals surface area contributed by atoms with E-state index < -0.39 is 15.8 Å². The monoisotopic (exact) mass is 564 g/mol. The molecule has 3 aliphatic carbocycles. The van der Waals surface area contributed by atoms with Crippen LogP contribution in [0.5, 0.6) is 0 Å². The summed E-state index contributed by atoms with van der Waals surface area (Å²) in [6.07, 6.45) is 0. The fraction of sp³-hybridized carbons (Fsp3) is 0.235. The minimum absolute atomic E-state index is 0.0618. The summed E-state index contributed by atoms with van der Waals surface area (Å²) in [7, 11) is -0.913. The van der Waals surface area contributed by atoms with E-state index >= 15 is 0 Å². The number of fused-ring (bicyclic) bond motifs is 1. The first-order valence-electron chi connectivity index (χ1n) is 13.7. The molecule has 0 aliphatic heterocycles. The van der Waals surface area contributed by atoms with Crippen LogP contribution in [0, 0.1) is 0 Å². The standard InChI is InChI=1S/C34H34N2O2P2/c1-39(2)27-19-11-9-17-25(27)33(37)35-31-29-21-13-5-7-15-23(21)30(24-16-8-6-14-22(24)29)32(31)36-34(38)26-18-10-12-20-28(26)40(3)4/h5-20,29-32H,1-4H3,(H,35,37)(H,36,38)/t29?,30?,31-,32-/m0/s1. The highest BCUT2D eigenvalue weighted by atomic mass is 31.1. The molecule has 0 unspecified atom stereocenters. The average molecular weight is 565 g/mol. The Morgan fingerprint density at radius 2 is 0.800 bits per heavy atom. The molecule has 202 valence electrons. The number of carbonyl (C=O) groups excluding carboxylic acids is 2. The lowest BCUT2D eigenvalue weighted by atomic mass is 9.59. The first-order valence-corrected chi connectivity index (χ1v) is 18.2. The number of hydrogen-bond acceptors (Lipinski definition) is 2. The second-order valence-corrected chi connectivity index (χ2v) is 15.6. The van der Waals surface area contributed by atoms with E-state index in [2.05, 4.69) is 98.0 Å². The third-order valence-corrected chi connectivity index (χ3v) is 11.0. The van der Waals surface area contributed by atoms with Gasteiger partial charge in [0, 0.05) is 23.0 Å². The molecule has 2 bridgehead atoms. The summed E-state index contributed by atoms with van der Waals surface area (Å²) in [5.74, 6) is -0.282. The van der Waals surface area contributed by atoms with E-state index in [-0.39, 0.29) is 35.7 Å². The molecule has 40 heavy (non-hydrogen) atoms. The zero-order valence-electron chi connectivity index (χ0n) is 23.3. The van der Waals surface area contributed by atoms with Crippen LogP contribution in [0.2, 0.25) is 0 Å². The number of benzene rings is 4. The van der Waals surface area contributed by atoms with Crippen LogP contribution in [-0.2, 0) is 0 Å². The quantitative estimate of drug-likeness (QED) is 0.299. The Bertz CT molecular complexity index is 1430. The van der Waals surface area contributed by atoms with Gasteiger partial charge in [0.25, 0.3) is 11.8 Å². The fourth-order valence-electron chi connectivity index (χ4n) is 6.59. The van der Waals surface area contributed by atoms with E-state index in [9.17, 15) is 9.59 Å². The molecule has 0 aromatic heterocycles. The maximum atomic E-state index is 14.0. The summed E-state index contributed by atoms with van der Waals surface area (Å²) in [5.41, 5.74) is 6.37. The van der Waals surface area contributed by atoms with E-state index in [0.717, 1.165) is 21.7 Å². The van der Waals surface area contributed by atoms with Crippen LogP contribution in [0.3, 0.4) is 0 Å². The molecule has 4 nitrogen and oxygen atoms in total. The Hall–Kier alpha value is -3.32. The summed E-state index contributed by atoms with van der Waals surface area (Å²) in [6, 6.07) is 32.3. The van der Waals surface area contributed by atoms with Gasteiger partial charge in [0.15, 0.2) is 0 Å². The van der Waals surface area contributed by atoms with E-state index in [4.69, 9.17) is 0 Å². The molecule has 2 amide bonds. The average Bonchev–Trinajstić information content (AvgIpc) is 2.97. The first-order chi connectivity index (χ1) is 19.4. The molecule has 3 aliphatic rings. The van der Waals surface area contributed by atoms with Crippen molar-refractivity contribution in [3.05, 3.63) is 130 Å². The lowest BCUT2D eigenvalue weighted by Crippen LogP contribution is -2.62. The summed E-state index contributed by atoms with van der Waals surface area (Å²) in [6.45, 7) is 8.70. The lowest BCUT2D eigenvalue weighted by Gasteiger charge is -2.51. The van der Waals surface area contributed by atoms with Crippen molar-refractivity contribution in [3.63, 3.8) is 0 Å². The van der Waals surface area contributed by atoms with Gasteiger partial charge in [-0.3, -0.25) is 9.59 Å². The van der Waals surface area contributed by atoms with Crippen molar-refractivity contribution >= 4 is 38.3 Å². The van der Waals surface area contributed by atoms with Crippen LogP contribution in [0.1, 0.15) is 54.8 Å². The van der Waals surface area contributed by atoms with E-state index in [0.29, 0.717) is 0 Å². The van der Waals surface area contributed by atoms with Gasteiger partial charge in [0.2, 0.25) is 0 Å². The molecule has 7 rings (SSSR count). The molecule has 0 saturated heterocycles. The highest BCUT2D eigenvalue weighted by Gasteiger charge is 2.51. The van der Waals surface area contributed by atoms with Crippen molar-refractivity contribution < 1.29 is 9.59 Å². The van der Waals surface area contributed by atoms with Crippen LogP contribution >= 0.6 is 15.8 Å². The zero-order valence-corrected chi connectivity index (χ0v) is 25.0. The maximum Gasteiger partial charge on any atom is 0.252 e. The predicted molar refractivity (Wildman–Crippen MR) is 169 cm³/mol. The molecule has 0 saturated carbocycles. The molecule has 4 aromatic carbocycles. The van der Waals surface area contributed by atoms with Crippen molar-refractivity contribution in [2.24, 2.45) is 0 Å². The van der Waals surface area contributed by atoms with Gasteiger partial charge in [0.05, 0.1) is 12.1 Å².